The molecule has 0 radical (unpaired) electrons. The van der Waals surface area contributed by atoms with Crippen LogP contribution >= 0.6 is 11.6 Å². The fourth-order valence-electron chi connectivity index (χ4n) is 3.11. The van der Waals surface area contributed by atoms with E-state index in [1.165, 1.54) is 6.92 Å². The molecule has 1 aliphatic heterocycles. The van der Waals surface area contributed by atoms with Crippen molar-refractivity contribution in [2.75, 3.05) is 35.7 Å². The van der Waals surface area contributed by atoms with Crippen molar-refractivity contribution < 1.29 is 9.53 Å². The van der Waals surface area contributed by atoms with Gasteiger partial charge in [-0.05, 0) is 31.0 Å². The molecule has 7 nitrogen and oxygen atoms in total. The summed E-state index contributed by atoms with van der Waals surface area (Å²) in [5, 5.41) is 3.31. The topological polar surface area (TPSA) is 93.4 Å². The highest BCUT2D eigenvalue weighted by Gasteiger charge is 2.27. The number of rotatable bonds is 3. The summed E-state index contributed by atoms with van der Waals surface area (Å²) in [6.45, 7) is 5.28. The minimum absolute atomic E-state index is 0.106. The molecule has 1 aromatic heterocycles. The summed E-state index contributed by atoms with van der Waals surface area (Å²) >= 11 is 6.52. The van der Waals surface area contributed by atoms with E-state index in [-0.39, 0.29) is 17.9 Å². The Morgan fingerprint density at radius 1 is 1.38 bits per heavy atom. The number of nitrogens with zero attached hydrogens (tertiary/aromatic N) is 3. The molecule has 138 valence electrons. The highest BCUT2D eigenvalue weighted by atomic mass is 35.5. The molecule has 0 spiro atoms. The Labute approximate surface area is 157 Å². The molecule has 1 atom stereocenters. The number of hydrogen-bond acceptors (Lipinski definition) is 6. The maximum absolute atomic E-state index is 11.2. The zero-order valence-electron chi connectivity index (χ0n) is 14.8. The van der Waals surface area contributed by atoms with Crippen molar-refractivity contribution in [1.29, 1.82) is 0 Å². The number of amides is 1. The zero-order valence-corrected chi connectivity index (χ0v) is 15.6. The molecule has 1 fully saturated rings. The molecule has 8 heteroatoms. The Balaban J connectivity index is 1.97. The quantitative estimate of drug-likeness (QED) is 0.856. The fourth-order valence-corrected chi connectivity index (χ4v) is 3.42. The number of carbonyl (C=O) groups is 1. The zero-order chi connectivity index (χ0) is 18.7. The second-order valence-electron chi connectivity index (χ2n) is 6.28. The molecular weight excluding hydrogens is 354 g/mol. The first-order chi connectivity index (χ1) is 12.4. The van der Waals surface area contributed by atoms with E-state index in [1.807, 2.05) is 25.1 Å². The van der Waals surface area contributed by atoms with Crippen LogP contribution in [0.25, 0.3) is 0 Å². The largest absolute Gasteiger partial charge is 0.379 e. The maximum Gasteiger partial charge on any atom is 0.222 e. The van der Waals surface area contributed by atoms with E-state index in [1.54, 1.807) is 6.07 Å². The Morgan fingerprint density at radius 3 is 2.88 bits per heavy atom. The standard InChI is InChI=1S/C18H22ClN5O2/c1-11-8-17(23-18(20)21-11)24-6-3-7-26-10-16(24)14-5-4-13(9-15(14)19)22-12(2)25/h4-5,8-9,16H,3,6-7,10H2,1-2H3,(H,22,25)(H2,20,21,23). The summed E-state index contributed by atoms with van der Waals surface area (Å²) in [6, 6.07) is 7.31. The van der Waals surface area contributed by atoms with Gasteiger partial charge in [-0.1, -0.05) is 17.7 Å². The average molecular weight is 376 g/mol. The summed E-state index contributed by atoms with van der Waals surface area (Å²) in [5.74, 6) is 0.865. The van der Waals surface area contributed by atoms with Crippen molar-refractivity contribution in [3.63, 3.8) is 0 Å². The number of nitrogens with two attached hydrogens (primary N) is 1. The molecule has 1 saturated heterocycles. The number of benzene rings is 1. The van der Waals surface area contributed by atoms with Gasteiger partial charge in [-0.15, -0.1) is 0 Å². The first kappa shape index (κ1) is 18.4. The van der Waals surface area contributed by atoms with Gasteiger partial charge in [0, 0.05) is 42.5 Å². The van der Waals surface area contributed by atoms with Gasteiger partial charge in [0.1, 0.15) is 5.82 Å². The van der Waals surface area contributed by atoms with Crippen molar-refractivity contribution in [2.24, 2.45) is 0 Å². The molecule has 2 heterocycles. The van der Waals surface area contributed by atoms with Crippen LogP contribution in [0.4, 0.5) is 17.5 Å². The molecule has 26 heavy (non-hydrogen) atoms. The molecule has 1 aromatic carbocycles. The van der Waals surface area contributed by atoms with E-state index >= 15 is 0 Å². The van der Waals surface area contributed by atoms with Crippen molar-refractivity contribution >= 4 is 35.0 Å². The summed E-state index contributed by atoms with van der Waals surface area (Å²) in [5.41, 5.74) is 8.22. The third-order valence-corrected chi connectivity index (χ3v) is 4.50. The van der Waals surface area contributed by atoms with Gasteiger partial charge in [0.05, 0.1) is 12.6 Å². The second kappa shape index (κ2) is 7.88. The number of aryl methyl sites for hydroxylation is 1. The minimum Gasteiger partial charge on any atom is -0.379 e. The molecule has 2 aromatic rings. The van der Waals surface area contributed by atoms with Crippen molar-refractivity contribution in [3.05, 3.63) is 40.5 Å². The van der Waals surface area contributed by atoms with Crippen LogP contribution in [0.2, 0.25) is 5.02 Å². The molecular formula is C18H22ClN5O2. The SMILES string of the molecule is CC(=O)Nc1ccc(C2COCCCN2c2cc(C)nc(N)n2)c(Cl)c1. The predicted octanol–water partition coefficient (Wildman–Crippen LogP) is 2.95. The Morgan fingerprint density at radius 2 is 2.19 bits per heavy atom. The lowest BCUT2D eigenvalue weighted by Crippen LogP contribution is -2.32. The normalized spacial score (nSPS) is 17.7. The Kier molecular flexibility index (Phi) is 5.58. The molecule has 0 bridgehead atoms. The molecule has 1 amide bonds. The third-order valence-electron chi connectivity index (χ3n) is 4.17. The number of anilines is 3. The van der Waals surface area contributed by atoms with Crippen LogP contribution in [0.15, 0.2) is 24.3 Å². The van der Waals surface area contributed by atoms with Crippen molar-refractivity contribution in [2.45, 2.75) is 26.3 Å². The van der Waals surface area contributed by atoms with Gasteiger partial charge in [0.15, 0.2) is 0 Å². The molecule has 1 aliphatic rings. The first-order valence-electron chi connectivity index (χ1n) is 8.46. The Bertz CT molecular complexity index is 794. The van der Waals surface area contributed by atoms with Crippen LogP contribution in [0, 0.1) is 6.92 Å². The lowest BCUT2D eigenvalue weighted by atomic mass is 10.0. The van der Waals surface area contributed by atoms with Gasteiger partial charge in [-0.2, -0.15) is 4.98 Å². The summed E-state index contributed by atoms with van der Waals surface area (Å²) in [7, 11) is 0. The van der Waals surface area contributed by atoms with Crippen LogP contribution in [0.1, 0.15) is 30.6 Å². The van der Waals surface area contributed by atoms with Gasteiger partial charge < -0.3 is 20.7 Å². The number of carbonyl (C=O) groups excluding carboxylic acids is 1. The Hall–Kier alpha value is -2.38. The highest BCUT2D eigenvalue weighted by Crippen LogP contribution is 2.34. The lowest BCUT2D eigenvalue weighted by molar-refractivity contribution is -0.114. The molecule has 0 saturated carbocycles. The summed E-state index contributed by atoms with van der Waals surface area (Å²) < 4.78 is 5.78. The lowest BCUT2D eigenvalue weighted by Gasteiger charge is -2.31. The van der Waals surface area contributed by atoms with E-state index in [2.05, 4.69) is 20.2 Å². The average Bonchev–Trinajstić information content (AvgIpc) is 2.79. The third kappa shape index (κ3) is 4.23. The number of halogens is 1. The monoisotopic (exact) mass is 375 g/mol. The van der Waals surface area contributed by atoms with Crippen LogP contribution in [0.5, 0.6) is 0 Å². The number of nitrogen functional groups attached to an aromatic ring is 1. The molecule has 0 aliphatic carbocycles. The summed E-state index contributed by atoms with van der Waals surface area (Å²) in [6.07, 6.45) is 0.876. The predicted molar refractivity (Wildman–Crippen MR) is 102 cm³/mol. The first-order valence-corrected chi connectivity index (χ1v) is 8.84. The molecule has 3 N–H and O–H groups in total. The van der Waals surface area contributed by atoms with Gasteiger partial charge in [0.25, 0.3) is 0 Å². The smallest absolute Gasteiger partial charge is 0.222 e. The fraction of sp³-hybridized carbons (Fsp3) is 0.389. The van der Waals surface area contributed by atoms with Crippen LogP contribution in [-0.4, -0.2) is 35.6 Å². The number of ether oxygens (including phenoxy) is 1. The second-order valence-corrected chi connectivity index (χ2v) is 6.69. The van der Waals surface area contributed by atoms with Gasteiger partial charge >= 0.3 is 0 Å². The maximum atomic E-state index is 11.2. The van der Waals surface area contributed by atoms with E-state index in [0.29, 0.717) is 23.9 Å². The van der Waals surface area contributed by atoms with Gasteiger partial charge in [0.2, 0.25) is 11.9 Å². The van der Waals surface area contributed by atoms with Crippen LogP contribution in [-0.2, 0) is 9.53 Å². The van der Waals surface area contributed by atoms with Crippen LogP contribution < -0.4 is 16.0 Å². The van der Waals surface area contributed by atoms with E-state index < -0.39 is 0 Å². The number of hydrogen-bond donors (Lipinski definition) is 2. The number of nitrogens with one attached hydrogen (secondary N) is 1. The summed E-state index contributed by atoms with van der Waals surface area (Å²) in [4.78, 5) is 21.9. The van der Waals surface area contributed by atoms with E-state index in [9.17, 15) is 4.79 Å². The van der Waals surface area contributed by atoms with Crippen molar-refractivity contribution in [3.8, 4) is 0 Å². The van der Waals surface area contributed by atoms with Crippen molar-refractivity contribution in [1.82, 2.24) is 9.97 Å². The molecule has 3 rings (SSSR count). The van der Waals surface area contributed by atoms with E-state index in [4.69, 9.17) is 22.1 Å². The van der Waals surface area contributed by atoms with Gasteiger partial charge in [-0.3, -0.25) is 4.79 Å². The van der Waals surface area contributed by atoms with E-state index in [0.717, 1.165) is 30.0 Å². The van der Waals surface area contributed by atoms with Crippen LogP contribution in [0.3, 0.4) is 0 Å². The molecule has 1 unspecified atom stereocenters. The van der Waals surface area contributed by atoms with Gasteiger partial charge in [-0.25, -0.2) is 4.98 Å². The minimum atomic E-state index is -0.139. The number of aromatic nitrogens is 2. The highest BCUT2D eigenvalue weighted by molar-refractivity contribution is 6.31.